The summed E-state index contributed by atoms with van der Waals surface area (Å²) >= 11 is 0. The third-order valence-corrected chi connectivity index (χ3v) is 6.14. The number of benzene rings is 2. The molecule has 1 aliphatic carbocycles. The van der Waals surface area contributed by atoms with Crippen molar-refractivity contribution in [2.75, 3.05) is 6.61 Å². The molecule has 0 saturated heterocycles. The maximum absolute atomic E-state index is 13.7. The van der Waals surface area contributed by atoms with E-state index >= 15 is 0 Å². The van der Waals surface area contributed by atoms with E-state index in [9.17, 15) is 27.6 Å². The summed E-state index contributed by atoms with van der Waals surface area (Å²) in [5.41, 5.74) is -0.0182. The number of amides is 1. The fourth-order valence-corrected chi connectivity index (χ4v) is 4.79. The smallest absolute Gasteiger partial charge is 0.416 e. The molecule has 0 radical (unpaired) electrons. The lowest BCUT2D eigenvalue weighted by molar-refractivity contribution is -0.152. The van der Waals surface area contributed by atoms with Crippen LogP contribution in [0, 0.1) is 5.92 Å². The minimum absolute atomic E-state index is 0.0523. The molecule has 2 aromatic carbocycles. The van der Waals surface area contributed by atoms with E-state index in [1.54, 1.807) is 37.3 Å². The fourth-order valence-electron chi connectivity index (χ4n) is 4.79. The highest BCUT2D eigenvalue weighted by Crippen LogP contribution is 2.47. The second kappa shape index (κ2) is 8.84. The summed E-state index contributed by atoms with van der Waals surface area (Å²) in [6.07, 6.45) is -4.84. The maximum atomic E-state index is 13.7. The van der Waals surface area contributed by atoms with Crippen LogP contribution in [0.4, 0.5) is 13.2 Å². The van der Waals surface area contributed by atoms with Crippen LogP contribution in [-0.2, 0) is 25.3 Å². The minimum atomic E-state index is -4.66. The van der Waals surface area contributed by atoms with E-state index < -0.39 is 47.2 Å². The van der Waals surface area contributed by atoms with Gasteiger partial charge in [0.2, 0.25) is 5.91 Å². The van der Waals surface area contributed by atoms with Crippen molar-refractivity contribution in [1.82, 2.24) is 5.32 Å². The quantitative estimate of drug-likeness (QED) is 0.542. The molecule has 2 aromatic rings. The van der Waals surface area contributed by atoms with Gasteiger partial charge in [0.1, 0.15) is 5.92 Å². The van der Waals surface area contributed by atoms with Gasteiger partial charge in [0.25, 0.3) is 0 Å². The van der Waals surface area contributed by atoms with Gasteiger partial charge in [0, 0.05) is 29.5 Å². The molecule has 1 N–H and O–H groups in total. The van der Waals surface area contributed by atoms with Gasteiger partial charge in [0.15, 0.2) is 5.78 Å². The van der Waals surface area contributed by atoms with Crippen molar-refractivity contribution < 1.29 is 32.3 Å². The Morgan fingerprint density at radius 3 is 2.36 bits per heavy atom. The molecule has 172 valence electrons. The van der Waals surface area contributed by atoms with Crippen molar-refractivity contribution in [2.45, 2.75) is 37.8 Å². The predicted molar refractivity (Wildman–Crippen MR) is 113 cm³/mol. The molecule has 0 saturated carbocycles. The van der Waals surface area contributed by atoms with Gasteiger partial charge in [-0.1, -0.05) is 48.5 Å². The molecule has 33 heavy (non-hydrogen) atoms. The van der Waals surface area contributed by atoms with Crippen LogP contribution in [-0.4, -0.2) is 24.3 Å². The van der Waals surface area contributed by atoms with Crippen molar-refractivity contribution in [1.29, 1.82) is 0 Å². The molecule has 0 aromatic heterocycles. The average Bonchev–Trinajstić information content (AvgIpc) is 2.78. The topological polar surface area (TPSA) is 72.5 Å². The van der Waals surface area contributed by atoms with Gasteiger partial charge in [-0.15, -0.1) is 0 Å². The molecule has 0 unspecified atom stereocenters. The minimum Gasteiger partial charge on any atom is -0.465 e. The fraction of sp³-hybridized carbons (Fsp3) is 0.320. The van der Waals surface area contributed by atoms with Gasteiger partial charge < -0.3 is 10.1 Å². The number of ether oxygens (including phenoxy) is 1. The molecular weight excluding hydrogens is 435 g/mol. The highest BCUT2D eigenvalue weighted by molar-refractivity contribution is 6.12. The van der Waals surface area contributed by atoms with Crippen molar-refractivity contribution in [3.63, 3.8) is 0 Å². The number of ketones is 1. The van der Waals surface area contributed by atoms with Crippen molar-refractivity contribution >= 4 is 17.7 Å². The number of rotatable bonds is 4. The van der Waals surface area contributed by atoms with Crippen LogP contribution < -0.4 is 5.32 Å². The number of halogens is 3. The van der Waals surface area contributed by atoms with Gasteiger partial charge >= 0.3 is 12.1 Å². The van der Waals surface area contributed by atoms with Crippen LogP contribution >= 0.6 is 0 Å². The lowest BCUT2D eigenvalue weighted by Crippen LogP contribution is -2.44. The standard InChI is InChI=1S/C25H22F3NO4/c1-2-33-24(32)22-16(14-8-4-3-5-9-14)12-19-21(23(22)31)17(13-20(30)29-19)15-10-6-7-11-18(15)25(26,27)28/h3-11,16-17,22H,2,12-13H2,1H3,(H,29,30)/t16-,17+,22-/m1/s1. The number of hydrogen-bond acceptors (Lipinski definition) is 4. The summed E-state index contributed by atoms with van der Waals surface area (Å²) in [4.78, 5) is 39.1. The largest absolute Gasteiger partial charge is 0.465 e. The molecule has 0 spiro atoms. The predicted octanol–water partition coefficient (Wildman–Crippen LogP) is 4.50. The third-order valence-electron chi connectivity index (χ3n) is 6.14. The Hall–Kier alpha value is -3.42. The Bertz CT molecular complexity index is 1120. The van der Waals surface area contributed by atoms with Gasteiger partial charge in [0.05, 0.1) is 12.2 Å². The van der Waals surface area contributed by atoms with Crippen LogP contribution in [0.3, 0.4) is 0 Å². The van der Waals surface area contributed by atoms with E-state index in [-0.39, 0.29) is 36.3 Å². The first kappa shape index (κ1) is 22.8. The summed E-state index contributed by atoms with van der Waals surface area (Å²) in [6.45, 7) is 1.68. The molecule has 1 amide bonds. The third kappa shape index (κ3) is 4.29. The summed E-state index contributed by atoms with van der Waals surface area (Å²) in [5.74, 6) is -4.71. The van der Waals surface area contributed by atoms with Crippen LogP contribution in [0.15, 0.2) is 65.9 Å². The van der Waals surface area contributed by atoms with E-state index in [0.717, 1.165) is 6.07 Å². The lowest BCUT2D eigenvalue weighted by atomic mass is 9.67. The highest BCUT2D eigenvalue weighted by atomic mass is 19.4. The molecule has 1 heterocycles. The van der Waals surface area contributed by atoms with Gasteiger partial charge in [-0.2, -0.15) is 13.2 Å². The zero-order valence-corrected chi connectivity index (χ0v) is 17.8. The molecule has 4 rings (SSSR count). The average molecular weight is 457 g/mol. The number of nitrogens with one attached hydrogen (secondary N) is 1. The highest BCUT2D eigenvalue weighted by Gasteiger charge is 2.49. The molecule has 1 aliphatic heterocycles. The Morgan fingerprint density at radius 1 is 1.03 bits per heavy atom. The number of Topliss-reactive ketones (excluding diaryl/α,β-unsaturated/α-hetero) is 1. The Balaban J connectivity index is 1.86. The maximum Gasteiger partial charge on any atom is 0.416 e. The van der Waals surface area contributed by atoms with Gasteiger partial charge in [-0.05, 0) is 30.5 Å². The molecule has 8 heteroatoms. The molecular formula is C25H22F3NO4. The van der Waals surface area contributed by atoms with E-state index in [4.69, 9.17) is 4.74 Å². The summed E-state index contributed by atoms with van der Waals surface area (Å²) in [6, 6.07) is 13.8. The SMILES string of the molecule is CCOC(=O)[C@H]1C(=O)C2=C(C[C@@H]1c1ccccc1)NC(=O)C[C@H]2c1ccccc1C(F)(F)F. The first-order valence-corrected chi connectivity index (χ1v) is 10.7. The zero-order chi connectivity index (χ0) is 23.8. The van der Waals surface area contributed by atoms with Crippen molar-refractivity contribution in [3.8, 4) is 0 Å². The number of allylic oxidation sites excluding steroid dienone is 2. The number of hydrogen-bond donors (Lipinski definition) is 1. The molecule has 0 bridgehead atoms. The van der Waals surface area contributed by atoms with Crippen molar-refractivity contribution in [3.05, 3.63) is 82.6 Å². The molecule has 5 nitrogen and oxygen atoms in total. The molecule has 3 atom stereocenters. The van der Waals surface area contributed by atoms with E-state index in [1.165, 1.54) is 18.2 Å². The Kier molecular flexibility index (Phi) is 6.10. The van der Waals surface area contributed by atoms with Crippen LogP contribution in [0.2, 0.25) is 0 Å². The number of esters is 1. The van der Waals surface area contributed by atoms with E-state index in [1.807, 2.05) is 0 Å². The second-order valence-corrected chi connectivity index (χ2v) is 8.10. The Morgan fingerprint density at radius 2 is 1.70 bits per heavy atom. The normalized spacial score (nSPS) is 23.1. The lowest BCUT2D eigenvalue weighted by Gasteiger charge is -2.38. The van der Waals surface area contributed by atoms with E-state index in [0.29, 0.717) is 5.56 Å². The monoisotopic (exact) mass is 457 g/mol. The summed E-state index contributed by atoms with van der Waals surface area (Å²) in [7, 11) is 0. The number of carbonyl (C=O) groups is 3. The summed E-state index contributed by atoms with van der Waals surface area (Å²) in [5, 5.41) is 2.68. The first-order chi connectivity index (χ1) is 15.7. The Labute approximate surface area is 188 Å². The molecule has 2 aliphatic rings. The van der Waals surface area contributed by atoms with Gasteiger partial charge in [-0.25, -0.2) is 0 Å². The summed E-state index contributed by atoms with van der Waals surface area (Å²) < 4.78 is 46.4. The van der Waals surface area contributed by atoms with Crippen LogP contribution in [0.25, 0.3) is 0 Å². The van der Waals surface area contributed by atoms with E-state index in [2.05, 4.69) is 5.32 Å². The second-order valence-electron chi connectivity index (χ2n) is 8.10. The van der Waals surface area contributed by atoms with Gasteiger partial charge in [-0.3, -0.25) is 14.4 Å². The first-order valence-electron chi connectivity index (χ1n) is 10.7. The number of alkyl halides is 3. The zero-order valence-electron chi connectivity index (χ0n) is 17.8. The van der Waals surface area contributed by atoms with Crippen molar-refractivity contribution in [2.24, 2.45) is 5.92 Å². The van der Waals surface area contributed by atoms with Crippen LogP contribution in [0.1, 0.15) is 48.3 Å². The van der Waals surface area contributed by atoms with Crippen LogP contribution in [0.5, 0.6) is 0 Å². The molecule has 0 fully saturated rings. The number of carbonyl (C=O) groups excluding carboxylic acids is 3.